The molecule has 0 radical (unpaired) electrons. The number of hydrogen-bond donors (Lipinski definition) is 2. The third-order valence-corrected chi connectivity index (χ3v) is 5.28. The summed E-state index contributed by atoms with van der Waals surface area (Å²) in [4.78, 5) is 2.65. The van der Waals surface area contributed by atoms with Crippen molar-refractivity contribution in [1.82, 2.24) is 14.1 Å². The van der Waals surface area contributed by atoms with Gasteiger partial charge < -0.3 is 5.11 Å². The van der Waals surface area contributed by atoms with Gasteiger partial charge in [-0.3, -0.25) is 0 Å². The van der Waals surface area contributed by atoms with Crippen LogP contribution in [0.1, 0.15) is 38.5 Å². The van der Waals surface area contributed by atoms with Gasteiger partial charge in [0.2, 0.25) is 0 Å². The summed E-state index contributed by atoms with van der Waals surface area (Å²) in [6.45, 7) is 1.96. The van der Waals surface area contributed by atoms with Crippen LogP contribution in [0.4, 0.5) is 0 Å². The molecule has 1 unspecified atom stereocenters. The van der Waals surface area contributed by atoms with Crippen LogP contribution in [-0.2, 0) is 10.2 Å². The molecule has 0 aromatic rings. The van der Waals surface area contributed by atoms with E-state index < -0.39 is 10.2 Å². The molecule has 0 saturated carbocycles. The maximum absolute atomic E-state index is 12.3. The average Bonchev–Trinajstić information content (AvgIpc) is 2.39. The minimum absolute atomic E-state index is 0.0963. The maximum Gasteiger partial charge on any atom is 0.292 e. The predicted octanol–water partition coefficient (Wildman–Crippen LogP) is 0.0685. The summed E-state index contributed by atoms with van der Waals surface area (Å²) in [7, 11) is -3.49. The van der Waals surface area contributed by atoms with Gasteiger partial charge in [-0.05, 0) is 25.7 Å². The van der Waals surface area contributed by atoms with E-state index >= 15 is 0 Å². The lowest BCUT2D eigenvalue weighted by atomic mass is 10.1. The molecule has 0 aliphatic carbocycles. The number of rotatable bonds is 4. The molecule has 0 aromatic carbocycles. The molecule has 7 heteroatoms. The minimum atomic E-state index is -3.49. The van der Waals surface area contributed by atoms with Crippen LogP contribution in [0.2, 0.25) is 0 Å². The highest BCUT2D eigenvalue weighted by molar-refractivity contribution is 7.87. The molecule has 2 N–H and O–H groups in total. The quantitative estimate of drug-likeness (QED) is 0.762. The number of aliphatic hydroxyl groups excluding tert-OH is 1. The lowest BCUT2D eigenvalue weighted by molar-refractivity contribution is 0.142. The van der Waals surface area contributed by atoms with Crippen molar-refractivity contribution in [1.29, 1.82) is 0 Å². The van der Waals surface area contributed by atoms with E-state index in [-0.39, 0.29) is 12.6 Å². The molecule has 106 valence electrons. The lowest BCUT2D eigenvalue weighted by Gasteiger charge is -2.36. The first-order chi connectivity index (χ1) is 8.63. The van der Waals surface area contributed by atoms with E-state index in [0.29, 0.717) is 6.54 Å². The molecule has 2 fully saturated rings. The van der Waals surface area contributed by atoms with Crippen molar-refractivity contribution in [3.8, 4) is 0 Å². The molecular formula is C11H23N3O3S. The standard InChI is InChI=1S/C11H23N3O3S/c15-10-11-6-2-5-9-14(11)18(16,17)12-13-7-3-1-4-8-13/h11-12,15H,1-10H2. The molecule has 2 saturated heterocycles. The fourth-order valence-electron chi connectivity index (χ4n) is 2.67. The molecule has 2 heterocycles. The molecule has 1 atom stereocenters. The van der Waals surface area contributed by atoms with E-state index in [9.17, 15) is 13.5 Å². The molecule has 2 aliphatic rings. The second-order valence-electron chi connectivity index (χ2n) is 5.09. The van der Waals surface area contributed by atoms with Gasteiger partial charge in [0.15, 0.2) is 0 Å². The normalized spacial score (nSPS) is 28.4. The van der Waals surface area contributed by atoms with Crippen LogP contribution in [0, 0.1) is 0 Å². The Labute approximate surface area is 109 Å². The van der Waals surface area contributed by atoms with Crippen LogP contribution in [0.5, 0.6) is 0 Å². The monoisotopic (exact) mass is 277 g/mol. The summed E-state index contributed by atoms with van der Waals surface area (Å²) in [5.74, 6) is 0. The van der Waals surface area contributed by atoms with E-state index in [1.54, 1.807) is 5.01 Å². The number of piperidine rings is 2. The van der Waals surface area contributed by atoms with Crippen molar-refractivity contribution in [2.45, 2.75) is 44.6 Å². The number of nitrogens with one attached hydrogen (secondary N) is 1. The minimum Gasteiger partial charge on any atom is -0.395 e. The Morgan fingerprint density at radius 3 is 2.39 bits per heavy atom. The predicted molar refractivity (Wildman–Crippen MR) is 68.9 cm³/mol. The first-order valence-corrected chi connectivity index (χ1v) is 8.22. The fraction of sp³-hybridized carbons (Fsp3) is 1.00. The third kappa shape index (κ3) is 3.42. The zero-order valence-electron chi connectivity index (χ0n) is 10.7. The lowest BCUT2D eigenvalue weighted by Crippen LogP contribution is -2.55. The summed E-state index contributed by atoms with van der Waals surface area (Å²) < 4.78 is 26.0. The van der Waals surface area contributed by atoms with Crippen molar-refractivity contribution in [3.63, 3.8) is 0 Å². The van der Waals surface area contributed by atoms with E-state index in [4.69, 9.17) is 0 Å². The van der Waals surface area contributed by atoms with Crippen LogP contribution in [0.15, 0.2) is 0 Å². The van der Waals surface area contributed by atoms with Crippen LogP contribution in [0.3, 0.4) is 0 Å². The summed E-state index contributed by atoms with van der Waals surface area (Å²) in [6, 6.07) is -0.263. The number of nitrogens with zero attached hydrogens (tertiary/aromatic N) is 2. The highest BCUT2D eigenvalue weighted by atomic mass is 32.2. The molecule has 0 bridgehead atoms. The molecule has 18 heavy (non-hydrogen) atoms. The SMILES string of the molecule is O=S(=O)(NN1CCCCC1)N1CCCCC1CO. The second kappa shape index (κ2) is 6.29. The fourth-order valence-corrected chi connectivity index (χ4v) is 4.22. The van der Waals surface area contributed by atoms with E-state index in [1.165, 1.54) is 10.7 Å². The first kappa shape index (κ1) is 14.2. The highest BCUT2D eigenvalue weighted by Gasteiger charge is 2.33. The number of aliphatic hydroxyl groups is 1. The molecule has 0 spiro atoms. The summed E-state index contributed by atoms with van der Waals surface area (Å²) in [5.41, 5.74) is 0. The van der Waals surface area contributed by atoms with Gasteiger partial charge in [0.1, 0.15) is 0 Å². The Kier molecular flexibility index (Phi) is 4.97. The van der Waals surface area contributed by atoms with Crippen molar-refractivity contribution >= 4 is 10.2 Å². The average molecular weight is 277 g/mol. The van der Waals surface area contributed by atoms with Gasteiger partial charge in [0.25, 0.3) is 10.2 Å². The maximum atomic E-state index is 12.3. The zero-order chi connectivity index (χ0) is 13.0. The van der Waals surface area contributed by atoms with Gasteiger partial charge in [0, 0.05) is 25.7 Å². The largest absolute Gasteiger partial charge is 0.395 e. The molecular weight excluding hydrogens is 254 g/mol. The Balaban J connectivity index is 1.99. The molecule has 0 aromatic heterocycles. The number of hydrogen-bond acceptors (Lipinski definition) is 4. The Morgan fingerprint density at radius 2 is 1.72 bits per heavy atom. The van der Waals surface area contributed by atoms with Gasteiger partial charge in [-0.25, -0.2) is 5.01 Å². The van der Waals surface area contributed by atoms with Crippen molar-refractivity contribution < 1.29 is 13.5 Å². The van der Waals surface area contributed by atoms with Crippen LogP contribution >= 0.6 is 0 Å². The van der Waals surface area contributed by atoms with Crippen molar-refractivity contribution in [2.24, 2.45) is 0 Å². The van der Waals surface area contributed by atoms with E-state index in [0.717, 1.165) is 45.2 Å². The Bertz CT molecular complexity index is 355. The van der Waals surface area contributed by atoms with Gasteiger partial charge >= 0.3 is 0 Å². The molecule has 2 aliphatic heterocycles. The second-order valence-corrected chi connectivity index (χ2v) is 6.69. The van der Waals surface area contributed by atoms with Gasteiger partial charge in [-0.1, -0.05) is 12.8 Å². The first-order valence-electron chi connectivity index (χ1n) is 6.78. The molecule has 0 amide bonds. The van der Waals surface area contributed by atoms with Gasteiger partial charge in [-0.15, -0.1) is 4.83 Å². The van der Waals surface area contributed by atoms with Crippen LogP contribution in [-0.4, -0.2) is 55.1 Å². The summed E-state index contributed by atoms with van der Waals surface area (Å²) in [6.07, 6.45) is 5.84. The molecule has 6 nitrogen and oxygen atoms in total. The van der Waals surface area contributed by atoms with E-state index in [2.05, 4.69) is 4.83 Å². The Morgan fingerprint density at radius 1 is 1.06 bits per heavy atom. The van der Waals surface area contributed by atoms with Crippen LogP contribution in [0.25, 0.3) is 0 Å². The van der Waals surface area contributed by atoms with Gasteiger partial charge in [-0.2, -0.15) is 12.7 Å². The molecule has 2 rings (SSSR count). The number of hydrazine groups is 1. The van der Waals surface area contributed by atoms with Crippen molar-refractivity contribution in [2.75, 3.05) is 26.2 Å². The summed E-state index contributed by atoms with van der Waals surface area (Å²) >= 11 is 0. The van der Waals surface area contributed by atoms with E-state index in [1.807, 2.05) is 0 Å². The highest BCUT2D eigenvalue weighted by Crippen LogP contribution is 2.20. The smallest absolute Gasteiger partial charge is 0.292 e. The third-order valence-electron chi connectivity index (χ3n) is 3.69. The van der Waals surface area contributed by atoms with Crippen LogP contribution < -0.4 is 4.83 Å². The topological polar surface area (TPSA) is 72.9 Å². The summed E-state index contributed by atoms with van der Waals surface area (Å²) in [5, 5.41) is 11.1. The van der Waals surface area contributed by atoms with Gasteiger partial charge in [0.05, 0.1) is 6.61 Å². The Hall–Kier alpha value is -0.210. The van der Waals surface area contributed by atoms with Crippen molar-refractivity contribution in [3.05, 3.63) is 0 Å². The zero-order valence-corrected chi connectivity index (χ0v) is 11.5.